The molecular formula is C36H25N. The SMILES string of the molecule is C1=Cc2cccc(Nc3ccc4c(c3)C3(c5ccccc5-c5ccccc53)c3ccccc3-4)c2C=CC1. The van der Waals surface area contributed by atoms with E-state index in [1.54, 1.807) is 0 Å². The Bertz CT molecular complexity index is 1720. The number of hydrogen-bond acceptors (Lipinski definition) is 1. The van der Waals surface area contributed by atoms with Crippen molar-refractivity contribution in [2.45, 2.75) is 11.8 Å². The van der Waals surface area contributed by atoms with Gasteiger partial charge in [0, 0.05) is 16.9 Å². The van der Waals surface area contributed by atoms with Crippen LogP contribution in [-0.2, 0) is 5.41 Å². The van der Waals surface area contributed by atoms with Crippen molar-refractivity contribution in [1.29, 1.82) is 0 Å². The number of hydrogen-bond donors (Lipinski definition) is 1. The van der Waals surface area contributed by atoms with Crippen molar-refractivity contribution in [3.05, 3.63) is 155 Å². The minimum absolute atomic E-state index is 0.312. The van der Waals surface area contributed by atoms with E-state index in [0.29, 0.717) is 0 Å². The van der Waals surface area contributed by atoms with Crippen LogP contribution < -0.4 is 5.32 Å². The van der Waals surface area contributed by atoms with Crippen LogP contribution in [0, 0.1) is 0 Å². The fourth-order valence-corrected chi connectivity index (χ4v) is 6.81. The number of allylic oxidation sites excluding steroid dienone is 2. The molecule has 3 aliphatic carbocycles. The monoisotopic (exact) mass is 471 g/mol. The summed E-state index contributed by atoms with van der Waals surface area (Å²) in [7, 11) is 0. The van der Waals surface area contributed by atoms with Crippen LogP contribution in [0.5, 0.6) is 0 Å². The Morgan fingerprint density at radius 1 is 0.514 bits per heavy atom. The zero-order chi connectivity index (χ0) is 24.4. The Balaban J connectivity index is 1.37. The van der Waals surface area contributed by atoms with Gasteiger partial charge in [-0.2, -0.15) is 0 Å². The summed E-state index contributed by atoms with van der Waals surface area (Å²) in [5.74, 6) is 0. The van der Waals surface area contributed by atoms with Gasteiger partial charge in [0.15, 0.2) is 0 Å². The predicted molar refractivity (Wildman–Crippen MR) is 155 cm³/mol. The second kappa shape index (κ2) is 7.69. The number of benzene rings is 5. The summed E-state index contributed by atoms with van der Waals surface area (Å²) in [5, 5.41) is 3.79. The van der Waals surface area contributed by atoms with Crippen molar-refractivity contribution in [2.24, 2.45) is 0 Å². The lowest BCUT2D eigenvalue weighted by molar-refractivity contribution is 0.794. The van der Waals surface area contributed by atoms with Crippen LogP contribution in [0.4, 0.5) is 11.4 Å². The molecule has 0 amide bonds. The summed E-state index contributed by atoms with van der Waals surface area (Å²) >= 11 is 0. The van der Waals surface area contributed by atoms with Gasteiger partial charge in [-0.3, -0.25) is 0 Å². The molecule has 0 aliphatic heterocycles. The highest BCUT2D eigenvalue weighted by atomic mass is 14.9. The van der Waals surface area contributed by atoms with Gasteiger partial charge in [0.2, 0.25) is 0 Å². The largest absolute Gasteiger partial charge is 0.355 e. The average molecular weight is 472 g/mol. The summed E-state index contributed by atoms with van der Waals surface area (Å²) in [4.78, 5) is 0. The third kappa shape index (κ3) is 2.74. The fourth-order valence-electron chi connectivity index (χ4n) is 6.81. The van der Waals surface area contributed by atoms with Gasteiger partial charge in [0.05, 0.1) is 5.41 Å². The van der Waals surface area contributed by atoms with Crippen LogP contribution in [0.15, 0.2) is 121 Å². The molecule has 1 N–H and O–H groups in total. The lowest BCUT2D eigenvalue weighted by Gasteiger charge is -2.30. The Morgan fingerprint density at radius 3 is 1.78 bits per heavy atom. The van der Waals surface area contributed by atoms with Gasteiger partial charge in [-0.1, -0.05) is 115 Å². The first-order valence-corrected chi connectivity index (χ1v) is 13.0. The molecule has 1 heteroatoms. The van der Waals surface area contributed by atoms with Gasteiger partial charge in [-0.15, -0.1) is 0 Å². The van der Waals surface area contributed by atoms with Gasteiger partial charge in [-0.25, -0.2) is 0 Å². The van der Waals surface area contributed by atoms with Crippen molar-refractivity contribution >= 4 is 23.5 Å². The predicted octanol–water partition coefficient (Wildman–Crippen LogP) is 9.20. The van der Waals surface area contributed by atoms with Crippen molar-refractivity contribution in [1.82, 2.24) is 0 Å². The highest BCUT2D eigenvalue weighted by Crippen LogP contribution is 2.62. The standard InChI is InChI=1S/C36H25N/c1-2-11-24-12-10-20-35(26(24)13-3-1)37-25-21-22-30-29-16-6-9-19-33(29)36(34(30)23-25)31-17-7-4-14-27(31)28-15-5-8-18-32(28)36/h2-23,37H,1H2. The lowest BCUT2D eigenvalue weighted by Crippen LogP contribution is -2.25. The quantitative estimate of drug-likeness (QED) is 0.265. The van der Waals surface area contributed by atoms with E-state index in [1.165, 1.54) is 55.6 Å². The van der Waals surface area contributed by atoms with Crippen LogP contribution in [-0.4, -0.2) is 0 Å². The Labute approximate surface area is 217 Å². The van der Waals surface area contributed by atoms with E-state index < -0.39 is 0 Å². The molecule has 1 spiro atoms. The van der Waals surface area contributed by atoms with Crippen LogP contribution in [0.2, 0.25) is 0 Å². The third-order valence-electron chi connectivity index (χ3n) is 8.27. The lowest BCUT2D eigenvalue weighted by atomic mass is 9.70. The first-order valence-electron chi connectivity index (χ1n) is 13.0. The van der Waals surface area contributed by atoms with Crippen LogP contribution >= 0.6 is 0 Å². The van der Waals surface area contributed by atoms with E-state index in [1.807, 2.05) is 0 Å². The Hall–Kier alpha value is -4.62. The molecule has 8 rings (SSSR count). The highest BCUT2D eigenvalue weighted by Gasteiger charge is 2.51. The van der Waals surface area contributed by atoms with E-state index >= 15 is 0 Å². The molecule has 0 saturated heterocycles. The van der Waals surface area contributed by atoms with E-state index in [0.717, 1.165) is 17.8 Å². The molecule has 0 radical (unpaired) electrons. The smallest absolute Gasteiger partial charge is 0.0726 e. The maximum Gasteiger partial charge on any atom is 0.0726 e. The van der Waals surface area contributed by atoms with Crippen molar-refractivity contribution < 1.29 is 0 Å². The molecule has 0 saturated carbocycles. The number of fused-ring (bicyclic) bond motifs is 11. The maximum absolute atomic E-state index is 3.79. The minimum Gasteiger partial charge on any atom is -0.355 e. The third-order valence-corrected chi connectivity index (χ3v) is 8.27. The molecule has 3 aliphatic rings. The fraction of sp³-hybridized carbons (Fsp3) is 0.0556. The molecule has 0 aromatic heterocycles. The van der Waals surface area contributed by atoms with Gasteiger partial charge >= 0.3 is 0 Å². The van der Waals surface area contributed by atoms with Crippen LogP contribution in [0.3, 0.4) is 0 Å². The molecule has 1 nitrogen and oxygen atoms in total. The first kappa shape index (κ1) is 20.6. The summed E-state index contributed by atoms with van der Waals surface area (Å²) in [5.41, 5.74) is 15.2. The van der Waals surface area contributed by atoms with Gasteiger partial charge in [-0.05, 0) is 74.7 Å². The molecule has 0 atom stereocenters. The first-order chi connectivity index (χ1) is 18.4. The van der Waals surface area contributed by atoms with Gasteiger partial charge < -0.3 is 5.32 Å². The topological polar surface area (TPSA) is 12.0 Å². The van der Waals surface area contributed by atoms with E-state index in [4.69, 9.17) is 0 Å². The summed E-state index contributed by atoms with van der Waals surface area (Å²) in [6, 6.07) is 40.3. The number of anilines is 2. The molecule has 5 aromatic rings. The van der Waals surface area contributed by atoms with E-state index in [-0.39, 0.29) is 5.41 Å². The van der Waals surface area contributed by atoms with E-state index in [2.05, 4.69) is 139 Å². The molecule has 37 heavy (non-hydrogen) atoms. The molecule has 0 bridgehead atoms. The van der Waals surface area contributed by atoms with Crippen LogP contribution in [0.25, 0.3) is 34.4 Å². The van der Waals surface area contributed by atoms with Crippen LogP contribution in [0.1, 0.15) is 39.8 Å². The summed E-state index contributed by atoms with van der Waals surface area (Å²) in [6.45, 7) is 0. The number of rotatable bonds is 2. The van der Waals surface area contributed by atoms with Crippen molar-refractivity contribution in [2.75, 3.05) is 5.32 Å². The normalized spacial score (nSPS) is 14.9. The van der Waals surface area contributed by atoms with Gasteiger partial charge in [0.25, 0.3) is 0 Å². The highest BCUT2D eigenvalue weighted by molar-refractivity contribution is 5.95. The second-order valence-electron chi connectivity index (χ2n) is 10.1. The molecule has 0 fully saturated rings. The molecule has 5 aromatic carbocycles. The van der Waals surface area contributed by atoms with E-state index in [9.17, 15) is 0 Å². The van der Waals surface area contributed by atoms with Crippen molar-refractivity contribution in [3.8, 4) is 22.3 Å². The van der Waals surface area contributed by atoms with Gasteiger partial charge in [0.1, 0.15) is 0 Å². The van der Waals surface area contributed by atoms with Crippen molar-refractivity contribution in [3.63, 3.8) is 0 Å². The molecule has 0 heterocycles. The maximum atomic E-state index is 3.79. The number of nitrogens with one attached hydrogen (secondary N) is 1. The Morgan fingerprint density at radius 2 is 1.11 bits per heavy atom. The molecule has 0 unspecified atom stereocenters. The second-order valence-corrected chi connectivity index (χ2v) is 10.1. The average Bonchev–Trinajstić information content (AvgIpc) is 3.26. The zero-order valence-corrected chi connectivity index (χ0v) is 20.4. The molecule has 174 valence electrons. The summed E-state index contributed by atoms with van der Waals surface area (Å²) in [6.07, 6.45) is 9.88. The molecular weight excluding hydrogens is 446 g/mol. The zero-order valence-electron chi connectivity index (χ0n) is 20.4. The summed E-state index contributed by atoms with van der Waals surface area (Å²) < 4.78 is 0. The Kier molecular flexibility index (Phi) is 4.27. The minimum atomic E-state index is -0.312.